The monoisotopic (exact) mass is 239 g/mol. The Kier molecular flexibility index (Phi) is 6.07. The molecule has 2 unspecified atom stereocenters. The Labute approximate surface area is 104 Å². The summed E-state index contributed by atoms with van der Waals surface area (Å²) in [6, 6.07) is 2.84. The highest BCUT2D eigenvalue weighted by atomic mass is 32.1. The van der Waals surface area contributed by atoms with Crippen molar-refractivity contribution in [1.82, 2.24) is 5.32 Å². The standard InChI is InChI=1S/C14H25NS/c1-5-9-15-13(11(4)6-2)14-12(7-3)8-10-16-14/h8,10-11,13,15H,5-7,9H2,1-4H3. The number of hydrogen-bond donors (Lipinski definition) is 1. The molecule has 0 radical (unpaired) electrons. The van der Waals surface area contributed by atoms with Crippen LogP contribution < -0.4 is 5.32 Å². The van der Waals surface area contributed by atoms with Crippen LogP contribution in [0, 0.1) is 5.92 Å². The smallest absolute Gasteiger partial charge is 0.0443 e. The molecule has 1 rings (SSSR count). The largest absolute Gasteiger partial charge is 0.309 e. The van der Waals surface area contributed by atoms with Gasteiger partial charge in [-0.3, -0.25) is 0 Å². The molecule has 0 aliphatic heterocycles. The summed E-state index contributed by atoms with van der Waals surface area (Å²) >= 11 is 1.91. The van der Waals surface area contributed by atoms with E-state index in [-0.39, 0.29) is 0 Å². The van der Waals surface area contributed by atoms with E-state index in [2.05, 4.69) is 44.5 Å². The van der Waals surface area contributed by atoms with Crippen LogP contribution in [0.3, 0.4) is 0 Å². The fourth-order valence-electron chi connectivity index (χ4n) is 2.00. The topological polar surface area (TPSA) is 12.0 Å². The van der Waals surface area contributed by atoms with E-state index in [0.29, 0.717) is 6.04 Å². The normalized spacial score (nSPS) is 15.0. The third-order valence-corrected chi connectivity index (χ3v) is 4.31. The zero-order valence-corrected chi connectivity index (χ0v) is 11.9. The van der Waals surface area contributed by atoms with Crippen molar-refractivity contribution in [2.45, 2.75) is 53.0 Å². The number of nitrogens with one attached hydrogen (secondary N) is 1. The molecule has 16 heavy (non-hydrogen) atoms. The van der Waals surface area contributed by atoms with Crippen LogP contribution in [0.1, 0.15) is 57.0 Å². The first-order valence-electron chi connectivity index (χ1n) is 6.54. The van der Waals surface area contributed by atoms with Gasteiger partial charge in [0.1, 0.15) is 0 Å². The Morgan fingerprint density at radius 1 is 1.31 bits per heavy atom. The maximum atomic E-state index is 3.71. The summed E-state index contributed by atoms with van der Waals surface area (Å²) in [6.07, 6.45) is 3.60. The van der Waals surface area contributed by atoms with E-state index in [4.69, 9.17) is 0 Å². The molecule has 2 heteroatoms. The van der Waals surface area contributed by atoms with Gasteiger partial charge in [-0.25, -0.2) is 0 Å². The molecule has 0 aliphatic carbocycles. The molecule has 1 N–H and O–H groups in total. The molecular formula is C14H25NS. The van der Waals surface area contributed by atoms with Crippen molar-refractivity contribution in [1.29, 1.82) is 0 Å². The molecule has 2 atom stereocenters. The second kappa shape index (κ2) is 7.08. The van der Waals surface area contributed by atoms with Crippen LogP contribution in [0.4, 0.5) is 0 Å². The van der Waals surface area contributed by atoms with Gasteiger partial charge in [0, 0.05) is 10.9 Å². The molecule has 1 aromatic rings. The van der Waals surface area contributed by atoms with Crippen LogP contribution in [0.15, 0.2) is 11.4 Å². The number of rotatable bonds is 7. The molecule has 92 valence electrons. The summed E-state index contributed by atoms with van der Waals surface area (Å²) in [5.74, 6) is 0.718. The predicted molar refractivity (Wildman–Crippen MR) is 74.2 cm³/mol. The molecule has 1 nitrogen and oxygen atoms in total. The Balaban J connectivity index is 2.82. The lowest BCUT2D eigenvalue weighted by molar-refractivity contribution is 0.380. The van der Waals surface area contributed by atoms with Gasteiger partial charge in [0.05, 0.1) is 0 Å². The van der Waals surface area contributed by atoms with Crippen LogP contribution in [-0.2, 0) is 6.42 Å². The fraction of sp³-hybridized carbons (Fsp3) is 0.714. The summed E-state index contributed by atoms with van der Waals surface area (Å²) in [5, 5.41) is 5.94. The van der Waals surface area contributed by atoms with Gasteiger partial charge in [0.15, 0.2) is 0 Å². The van der Waals surface area contributed by atoms with Gasteiger partial charge < -0.3 is 5.32 Å². The minimum Gasteiger partial charge on any atom is -0.309 e. The quantitative estimate of drug-likeness (QED) is 0.744. The van der Waals surface area contributed by atoms with Crippen molar-refractivity contribution < 1.29 is 0 Å². The minimum atomic E-state index is 0.555. The summed E-state index contributed by atoms with van der Waals surface area (Å²) in [5.41, 5.74) is 1.53. The predicted octanol–water partition coefficient (Wildman–Crippen LogP) is 4.40. The molecule has 0 aromatic carbocycles. The van der Waals surface area contributed by atoms with Gasteiger partial charge in [-0.1, -0.05) is 34.1 Å². The van der Waals surface area contributed by atoms with E-state index in [0.717, 1.165) is 18.9 Å². The van der Waals surface area contributed by atoms with E-state index < -0.39 is 0 Å². The van der Waals surface area contributed by atoms with E-state index in [1.807, 2.05) is 11.3 Å². The van der Waals surface area contributed by atoms with Crippen molar-refractivity contribution in [2.24, 2.45) is 5.92 Å². The maximum Gasteiger partial charge on any atom is 0.0443 e. The van der Waals surface area contributed by atoms with Crippen LogP contribution >= 0.6 is 11.3 Å². The molecule has 0 saturated heterocycles. The molecule has 0 spiro atoms. The SMILES string of the molecule is CCCNC(c1sccc1CC)C(C)CC. The number of aryl methyl sites for hydroxylation is 1. The average Bonchev–Trinajstić information content (AvgIpc) is 2.77. The lowest BCUT2D eigenvalue weighted by atomic mass is 9.95. The lowest BCUT2D eigenvalue weighted by Gasteiger charge is -2.24. The van der Waals surface area contributed by atoms with Gasteiger partial charge in [-0.2, -0.15) is 0 Å². The summed E-state index contributed by atoms with van der Waals surface area (Å²) in [4.78, 5) is 1.56. The lowest BCUT2D eigenvalue weighted by Crippen LogP contribution is -2.27. The summed E-state index contributed by atoms with van der Waals surface area (Å²) < 4.78 is 0. The Hall–Kier alpha value is -0.340. The number of thiophene rings is 1. The third-order valence-electron chi connectivity index (χ3n) is 3.27. The second-order valence-corrected chi connectivity index (χ2v) is 5.43. The van der Waals surface area contributed by atoms with Gasteiger partial charge in [0.25, 0.3) is 0 Å². The first kappa shape index (κ1) is 13.7. The van der Waals surface area contributed by atoms with E-state index >= 15 is 0 Å². The zero-order valence-electron chi connectivity index (χ0n) is 11.0. The zero-order chi connectivity index (χ0) is 12.0. The Bertz CT molecular complexity index is 293. The molecule has 1 heterocycles. The van der Waals surface area contributed by atoms with Gasteiger partial charge in [-0.05, 0) is 42.3 Å². The fourth-order valence-corrected chi connectivity index (χ4v) is 3.21. The highest BCUT2D eigenvalue weighted by Crippen LogP contribution is 2.31. The van der Waals surface area contributed by atoms with Crippen molar-refractivity contribution in [3.63, 3.8) is 0 Å². The second-order valence-electron chi connectivity index (χ2n) is 4.48. The van der Waals surface area contributed by atoms with Crippen LogP contribution in [0.5, 0.6) is 0 Å². The van der Waals surface area contributed by atoms with E-state index in [1.165, 1.54) is 18.4 Å². The maximum absolute atomic E-state index is 3.71. The summed E-state index contributed by atoms with van der Waals surface area (Å²) in [6.45, 7) is 10.2. The molecule has 0 bridgehead atoms. The Morgan fingerprint density at radius 2 is 2.06 bits per heavy atom. The van der Waals surface area contributed by atoms with Gasteiger partial charge in [0.2, 0.25) is 0 Å². The van der Waals surface area contributed by atoms with Crippen molar-refractivity contribution >= 4 is 11.3 Å². The molecule has 0 fully saturated rings. The molecule has 1 aromatic heterocycles. The highest BCUT2D eigenvalue weighted by Gasteiger charge is 2.20. The Morgan fingerprint density at radius 3 is 2.62 bits per heavy atom. The van der Waals surface area contributed by atoms with E-state index in [9.17, 15) is 0 Å². The van der Waals surface area contributed by atoms with Crippen LogP contribution in [0.2, 0.25) is 0 Å². The van der Waals surface area contributed by atoms with Crippen molar-refractivity contribution in [3.05, 3.63) is 21.9 Å². The minimum absolute atomic E-state index is 0.555. The first-order valence-corrected chi connectivity index (χ1v) is 7.42. The number of hydrogen-bond acceptors (Lipinski definition) is 2. The van der Waals surface area contributed by atoms with E-state index in [1.54, 1.807) is 4.88 Å². The van der Waals surface area contributed by atoms with Crippen LogP contribution in [-0.4, -0.2) is 6.54 Å². The third kappa shape index (κ3) is 3.33. The van der Waals surface area contributed by atoms with Gasteiger partial charge >= 0.3 is 0 Å². The van der Waals surface area contributed by atoms with Crippen molar-refractivity contribution in [3.8, 4) is 0 Å². The molecule has 0 amide bonds. The first-order chi connectivity index (χ1) is 7.74. The average molecular weight is 239 g/mol. The highest BCUT2D eigenvalue weighted by molar-refractivity contribution is 7.10. The van der Waals surface area contributed by atoms with Gasteiger partial charge in [-0.15, -0.1) is 11.3 Å². The molecule has 0 aliphatic rings. The molecular weight excluding hydrogens is 214 g/mol. The van der Waals surface area contributed by atoms with Crippen LogP contribution in [0.25, 0.3) is 0 Å². The molecule has 0 saturated carbocycles. The van der Waals surface area contributed by atoms with Crippen molar-refractivity contribution in [2.75, 3.05) is 6.54 Å². The summed E-state index contributed by atoms with van der Waals surface area (Å²) in [7, 11) is 0.